The van der Waals surface area contributed by atoms with Gasteiger partial charge in [-0.05, 0) is 6.07 Å². The zero-order chi connectivity index (χ0) is 13.2. The molecule has 0 spiro atoms. The van der Waals surface area contributed by atoms with E-state index < -0.39 is 13.0 Å². The van der Waals surface area contributed by atoms with Crippen molar-refractivity contribution < 1.29 is 8.78 Å². The molecule has 2 N–H and O–H groups in total. The van der Waals surface area contributed by atoms with E-state index in [9.17, 15) is 8.78 Å². The van der Waals surface area contributed by atoms with Crippen molar-refractivity contribution in [3.05, 3.63) is 30.9 Å². The third kappa shape index (κ3) is 2.51. The standard InChI is InChI=1S/C11H10F2N6/c12-9(13)6-19-5-8(4-16-19)17-11-15-3-7-1-2-14-10(7)18-11/h1-5,9H,6H2,(H2,14,15,17,18). The zero-order valence-electron chi connectivity index (χ0n) is 9.72. The van der Waals surface area contributed by atoms with Crippen molar-refractivity contribution in [3.63, 3.8) is 0 Å². The predicted octanol–water partition coefficient (Wildman–Crippen LogP) is 2.16. The molecule has 0 radical (unpaired) electrons. The van der Waals surface area contributed by atoms with Gasteiger partial charge >= 0.3 is 0 Å². The van der Waals surface area contributed by atoms with Crippen LogP contribution >= 0.6 is 0 Å². The molecule has 19 heavy (non-hydrogen) atoms. The van der Waals surface area contributed by atoms with Crippen molar-refractivity contribution >= 4 is 22.7 Å². The van der Waals surface area contributed by atoms with Crippen LogP contribution in [0, 0.1) is 0 Å². The van der Waals surface area contributed by atoms with Crippen LogP contribution in [0.1, 0.15) is 0 Å². The van der Waals surface area contributed by atoms with Crippen molar-refractivity contribution in [2.24, 2.45) is 0 Å². The molecule has 8 heteroatoms. The number of aromatic amines is 1. The maximum atomic E-state index is 12.2. The monoisotopic (exact) mass is 264 g/mol. The van der Waals surface area contributed by atoms with E-state index in [2.05, 4.69) is 25.4 Å². The summed E-state index contributed by atoms with van der Waals surface area (Å²) in [6.45, 7) is -0.432. The van der Waals surface area contributed by atoms with Crippen LogP contribution < -0.4 is 5.32 Å². The number of anilines is 2. The fourth-order valence-corrected chi connectivity index (χ4v) is 1.70. The van der Waals surface area contributed by atoms with Crippen molar-refractivity contribution in [1.29, 1.82) is 0 Å². The lowest BCUT2D eigenvalue weighted by atomic mass is 10.4. The summed E-state index contributed by atoms with van der Waals surface area (Å²) in [7, 11) is 0. The van der Waals surface area contributed by atoms with Gasteiger partial charge in [-0.15, -0.1) is 0 Å². The quantitative estimate of drug-likeness (QED) is 0.757. The van der Waals surface area contributed by atoms with Gasteiger partial charge in [0, 0.05) is 24.0 Å². The fraction of sp³-hybridized carbons (Fsp3) is 0.182. The van der Waals surface area contributed by atoms with Gasteiger partial charge in [0.05, 0.1) is 11.9 Å². The highest BCUT2D eigenvalue weighted by molar-refractivity contribution is 5.75. The van der Waals surface area contributed by atoms with Crippen LogP contribution in [-0.4, -0.2) is 31.2 Å². The van der Waals surface area contributed by atoms with E-state index in [1.54, 1.807) is 12.4 Å². The Hall–Kier alpha value is -2.51. The summed E-state index contributed by atoms with van der Waals surface area (Å²) in [5.41, 5.74) is 1.27. The number of rotatable bonds is 4. The van der Waals surface area contributed by atoms with Gasteiger partial charge in [0.1, 0.15) is 12.2 Å². The molecule has 3 aromatic rings. The molecule has 0 bridgehead atoms. The average molecular weight is 264 g/mol. The highest BCUT2D eigenvalue weighted by Crippen LogP contribution is 2.15. The second-order valence-corrected chi connectivity index (χ2v) is 3.94. The molecule has 3 heterocycles. The molecule has 0 aliphatic heterocycles. The van der Waals surface area contributed by atoms with Crippen LogP contribution in [-0.2, 0) is 6.54 Å². The number of nitrogens with one attached hydrogen (secondary N) is 2. The fourth-order valence-electron chi connectivity index (χ4n) is 1.70. The summed E-state index contributed by atoms with van der Waals surface area (Å²) in [6.07, 6.45) is 3.94. The second kappa shape index (κ2) is 4.63. The second-order valence-electron chi connectivity index (χ2n) is 3.94. The van der Waals surface area contributed by atoms with Crippen molar-refractivity contribution in [2.75, 3.05) is 5.32 Å². The van der Waals surface area contributed by atoms with Gasteiger partial charge < -0.3 is 10.3 Å². The summed E-state index contributed by atoms with van der Waals surface area (Å²) in [5, 5.41) is 7.63. The molecular formula is C11H10F2N6. The van der Waals surface area contributed by atoms with E-state index >= 15 is 0 Å². The number of hydrogen-bond acceptors (Lipinski definition) is 4. The first-order valence-electron chi connectivity index (χ1n) is 5.58. The maximum absolute atomic E-state index is 12.2. The van der Waals surface area contributed by atoms with Gasteiger partial charge in [-0.25, -0.2) is 13.8 Å². The van der Waals surface area contributed by atoms with Crippen LogP contribution in [0.2, 0.25) is 0 Å². The van der Waals surface area contributed by atoms with Crippen LogP contribution in [0.3, 0.4) is 0 Å². The van der Waals surface area contributed by atoms with E-state index in [4.69, 9.17) is 0 Å². The number of H-pyrrole nitrogens is 1. The topological polar surface area (TPSA) is 71.4 Å². The Labute approximate surface area is 106 Å². The molecule has 98 valence electrons. The smallest absolute Gasteiger partial charge is 0.257 e. The molecule has 3 rings (SSSR count). The van der Waals surface area contributed by atoms with Crippen LogP contribution in [0.15, 0.2) is 30.9 Å². The lowest BCUT2D eigenvalue weighted by Gasteiger charge is -2.01. The predicted molar refractivity (Wildman–Crippen MR) is 65.4 cm³/mol. The molecule has 6 nitrogen and oxygen atoms in total. The third-order valence-corrected chi connectivity index (χ3v) is 2.51. The highest BCUT2D eigenvalue weighted by Gasteiger charge is 2.07. The minimum absolute atomic E-state index is 0.381. The minimum atomic E-state index is -2.43. The van der Waals surface area contributed by atoms with E-state index in [1.165, 1.54) is 17.1 Å². The molecule has 0 atom stereocenters. The molecule has 0 saturated carbocycles. The number of halogens is 2. The van der Waals surface area contributed by atoms with E-state index in [0.29, 0.717) is 17.3 Å². The first kappa shape index (κ1) is 11.6. The lowest BCUT2D eigenvalue weighted by Crippen LogP contribution is -2.06. The van der Waals surface area contributed by atoms with Crippen molar-refractivity contribution in [1.82, 2.24) is 24.7 Å². The number of alkyl halides is 2. The van der Waals surface area contributed by atoms with Crippen molar-refractivity contribution in [3.8, 4) is 0 Å². The maximum Gasteiger partial charge on any atom is 0.257 e. The first-order chi connectivity index (χ1) is 9.20. The van der Waals surface area contributed by atoms with Crippen LogP contribution in [0.4, 0.5) is 20.4 Å². The molecule has 0 saturated heterocycles. The van der Waals surface area contributed by atoms with Gasteiger partial charge in [-0.1, -0.05) is 0 Å². The van der Waals surface area contributed by atoms with E-state index in [-0.39, 0.29) is 0 Å². The van der Waals surface area contributed by atoms with E-state index in [0.717, 1.165) is 5.39 Å². The lowest BCUT2D eigenvalue weighted by molar-refractivity contribution is 0.122. The Morgan fingerprint density at radius 1 is 1.37 bits per heavy atom. The van der Waals surface area contributed by atoms with E-state index in [1.807, 2.05) is 6.07 Å². The summed E-state index contributed by atoms with van der Waals surface area (Å²) < 4.78 is 25.5. The van der Waals surface area contributed by atoms with Gasteiger partial charge in [0.15, 0.2) is 0 Å². The Morgan fingerprint density at radius 2 is 2.26 bits per heavy atom. The minimum Gasteiger partial charge on any atom is -0.346 e. The molecule has 0 fully saturated rings. The van der Waals surface area contributed by atoms with Gasteiger partial charge in [-0.3, -0.25) is 4.68 Å². The van der Waals surface area contributed by atoms with Crippen molar-refractivity contribution in [2.45, 2.75) is 13.0 Å². The molecule has 0 unspecified atom stereocenters. The number of nitrogens with zero attached hydrogens (tertiary/aromatic N) is 4. The Balaban J connectivity index is 1.78. The summed E-state index contributed by atoms with van der Waals surface area (Å²) in [6, 6.07) is 1.86. The summed E-state index contributed by atoms with van der Waals surface area (Å²) in [4.78, 5) is 11.3. The largest absolute Gasteiger partial charge is 0.346 e. The summed E-state index contributed by atoms with van der Waals surface area (Å²) >= 11 is 0. The molecule has 0 aromatic carbocycles. The van der Waals surface area contributed by atoms with Gasteiger partial charge in [-0.2, -0.15) is 10.1 Å². The normalized spacial score (nSPS) is 11.3. The Morgan fingerprint density at radius 3 is 3.11 bits per heavy atom. The number of fused-ring (bicyclic) bond motifs is 1. The van der Waals surface area contributed by atoms with Crippen LogP contribution in [0.25, 0.3) is 11.0 Å². The molecule has 3 aromatic heterocycles. The third-order valence-electron chi connectivity index (χ3n) is 2.51. The molecule has 0 amide bonds. The summed E-state index contributed by atoms with van der Waals surface area (Å²) in [5.74, 6) is 0.381. The SMILES string of the molecule is FC(F)Cn1cc(Nc2ncc3cc[nH]c3n2)cn1. The first-order valence-corrected chi connectivity index (χ1v) is 5.58. The van der Waals surface area contributed by atoms with Gasteiger partial charge in [0.25, 0.3) is 6.43 Å². The molecule has 0 aliphatic rings. The van der Waals surface area contributed by atoms with Crippen LogP contribution in [0.5, 0.6) is 0 Å². The number of hydrogen-bond donors (Lipinski definition) is 2. The average Bonchev–Trinajstić information content (AvgIpc) is 2.97. The zero-order valence-corrected chi connectivity index (χ0v) is 9.72. The Kier molecular flexibility index (Phi) is 2.82. The Bertz CT molecular complexity index is 689. The highest BCUT2D eigenvalue weighted by atomic mass is 19.3. The molecule has 0 aliphatic carbocycles. The number of aromatic nitrogens is 5. The molecular weight excluding hydrogens is 254 g/mol. The van der Waals surface area contributed by atoms with Gasteiger partial charge in [0.2, 0.25) is 5.95 Å².